The quantitative estimate of drug-likeness (QED) is 0.339. The minimum absolute atomic E-state index is 0.154. The minimum Gasteiger partial charge on any atom is -0.383 e. The van der Waals surface area contributed by atoms with E-state index in [0.29, 0.717) is 28.2 Å². The lowest BCUT2D eigenvalue weighted by Gasteiger charge is -2.20. The maximum Gasteiger partial charge on any atom is 0.262 e. The molecule has 7 heteroatoms. The van der Waals surface area contributed by atoms with E-state index in [2.05, 4.69) is 4.98 Å². The third-order valence-corrected chi connectivity index (χ3v) is 5.47. The Morgan fingerprint density at radius 3 is 2.54 bits per heavy atom. The number of fused-ring (bicyclic) bond motifs is 1. The fourth-order valence-electron chi connectivity index (χ4n) is 2.97. The number of Topliss-reactive ketones (excluding diaryl/α,β-unsaturated/α-hetero) is 1. The molecule has 0 aliphatic carbocycles. The molecule has 28 heavy (non-hydrogen) atoms. The number of aromatic nitrogens is 2. The molecule has 2 aromatic carbocycles. The second-order valence-electron chi connectivity index (χ2n) is 6.52. The van der Waals surface area contributed by atoms with E-state index in [1.165, 1.54) is 36.0 Å². The lowest BCUT2D eigenvalue weighted by molar-refractivity contribution is 0.0993. The van der Waals surface area contributed by atoms with Gasteiger partial charge in [-0.2, -0.15) is 0 Å². The first-order valence-corrected chi connectivity index (χ1v) is 9.77. The average molecular weight is 400 g/mol. The smallest absolute Gasteiger partial charge is 0.262 e. The molecule has 0 aliphatic heterocycles. The number of carbonyl (C=O) groups is 1. The van der Waals surface area contributed by atoms with E-state index in [1.807, 2.05) is 13.0 Å². The minimum atomic E-state index is -0.500. The van der Waals surface area contributed by atoms with Crippen LogP contribution in [0.4, 0.5) is 4.39 Å². The van der Waals surface area contributed by atoms with E-state index in [4.69, 9.17) is 4.74 Å². The molecule has 0 spiro atoms. The molecule has 0 bridgehead atoms. The summed E-state index contributed by atoms with van der Waals surface area (Å²) in [5.41, 5.74) is 0.831. The lowest BCUT2D eigenvalue weighted by atomic mass is 10.1. The summed E-state index contributed by atoms with van der Waals surface area (Å²) in [5, 5.41) is 0.475. The molecule has 5 nitrogen and oxygen atoms in total. The molecule has 2 atom stereocenters. The molecule has 1 heterocycles. The summed E-state index contributed by atoms with van der Waals surface area (Å²) >= 11 is 1.21. The van der Waals surface area contributed by atoms with Crippen LogP contribution in [0.3, 0.4) is 0 Å². The molecule has 2 unspecified atom stereocenters. The summed E-state index contributed by atoms with van der Waals surface area (Å²) in [5.74, 6) is -0.548. The first kappa shape index (κ1) is 20.2. The van der Waals surface area contributed by atoms with Crippen LogP contribution in [0.1, 0.15) is 30.2 Å². The molecule has 0 N–H and O–H groups in total. The molecule has 3 rings (SSSR count). The predicted molar refractivity (Wildman–Crippen MR) is 109 cm³/mol. The highest BCUT2D eigenvalue weighted by Gasteiger charge is 2.22. The number of carbonyl (C=O) groups excluding carboxylic acids is 1. The second kappa shape index (κ2) is 8.67. The first-order valence-electron chi connectivity index (χ1n) is 8.89. The van der Waals surface area contributed by atoms with Crippen LogP contribution in [0.5, 0.6) is 0 Å². The van der Waals surface area contributed by atoms with Crippen LogP contribution in [-0.4, -0.2) is 34.3 Å². The summed E-state index contributed by atoms with van der Waals surface area (Å²) < 4.78 is 19.9. The summed E-state index contributed by atoms with van der Waals surface area (Å²) in [6.45, 7) is 3.97. The Morgan fingerprint density at radius 2 is 1.86 bits per heavy atom. The maximum absolute atomic E-state index is 13.1. The van der Waals surface area contributed by atoms with Gasteiger partial charge in [0.05, 0.1) is 28.8 Å². The van der Waals surface area contributed by atoms with E-state index >= 15 is 0 Å². The standard InChI is InChI=1S/C21H21FN2O3S/c1-13(12-27-3)24-20(26)17-6-4-5-7-18(17)23-21(24)28-14(2)19(25)15-8-10-16(22)11-9-15/h4-11,13-14H,12H2,1-3H3. The molecule has 3 aromatic rings. The molecule has 0 amide bonds. The van der Waals surface area contributed by atoms with Gasteiger partial charge in [0.25, 0.3) is 5.56 Å². The monoisotopic (exact) mass is 400 g/mol. The third-order valence-electron chi connectivity index (χ3n) is 4.40. The van der Waals surface area contributed by atoms with Crippen molar-refractivity contribution in [2.45, 2.75) is 30.3 Å². The number of para-hydroxylation sites is 1. The number of nitrogens with zero attached hydrogens (tertiary/aromatic N) is 2. The van der Waals surface area contributed by atoms with E-state index in [-0.39, 0.29) is 17.4 Å². The van der Waals surface area contributed by atoms with Crippen LogP contribution in [-0.2, 0) is 4.74 Å². The Hall–Kier alpha value is -2.51. The lowest BCUT2D eigenvalue weighted by Crippen LogP contribution is -2.29. The Labute approximate surface area is 166 Å². The van der Waals surface area contributed by atoms with Crippen LogP contribution in [0.2, 0.25) is 0 Å². The topological polar surface area (TPSA) is 61.2 Å². The van der Waals surface area contributed by atoms with Gasteiger partial charge in [0.2, 0.25) is 0 Å². The highest BCUT2D eigenvalue weighted by atomic mass is 32.2. The van der Waals surface area contributed by atoms with Gasteiger partial charge in [0, 0.05) is 12.7 Å². The summed E-state index contributed by atoms with van der Waals surface area (Å²) in [4.78, 5) is 30.4. The zero-order chi connectivity index (χ0) is 20.3. The second-order valence-corrected chi connectivity index (χ2v) is 7.83. The maximum atomic E-state index is 13.1. The van der Waals surface area contributed by atoms with Gasteiger partial charge in [-0.25, -0.2) is 9.37 Å². The largest absolute Gasteiger partial charge is 0.383 e. The number of ether oxygens (including phenoxy) is 1. The van der Waals surface area contributed by atoms with Gasteiger partial charge in [-0.3, -0.25) is 14.2 Å². The molecule has 0 saturated carbocycles. The van der Waals surface area contributed by atoms with Gasteiger partial charge in [-0.15, -0.1) is 0 Å². The van der Waals surface area contributed by atoms with Gasteiger partial charge >= 0.3 is 0 Å². The van der Waals surface area contributed by atoms with E-state index in [0.717, 1.165) is 0 Å². The average Bonchev–Trinajstić information content (AvgIpc) is 2.68. The number of methoxy groups -OCH3 is 1. The number of rotatable bonds is 7. The number of halogens is 1. The highest BCUT2D eigenvalue weighted by Crippen LogP contribution is 2.27. The van der Waals surface area contributed by atoms with E-state index in [9.17, 15) is 14.0 Å². The van der Waals surface area contributed by atoms with E-state index in [1.54, 1.807) is 36.8 Å². The van der Waals surface area contributed by atoms with Gasteiger partial charge in [-0.1, -0.05) is 23.9 Å². The SMILES string of the molecule is COCC(C)n1c(SC(C)C(=O)c2ccc(F)cc2)nc2ccccc2c1=O. The number of thioether (sulfide) groups is 1. The van der Waals surface area contributed by atoms with Crippen molar-refractivity contribution in [3.05, 3.63) is 70.3 Å². The first-order chi connectivity index (χ1) is 13.4. The molecule has 0 aliphatic rings. The summed E-state index contributed by atoms with van der Waals surface area (Å²) in [6.07, 6.45) is 0. The van der Waals surface area contributed by atoms with Crippen molar-refractivity contribution in [3.63, 3.8) is 0 Å². The Balaban J connectivity index is 2.00. The van der Waals surface area contributed by atoms with Crippen molar-refractivity contribution in [1.82, 2.24) is 9.55 Å². The van der Waals surface area contributed by atoms with Crippen molar-refractivity contribution in [2.75, 3.05) is 13.7 Å². The van der Waals surface area contributed by atoms with Crippen LogP contribution in [0.25, 0.3) is 10.9 Å². The van der Waals surface area contributed by atoms with Crippen LogP contribution in [0, 0.1) is 5.82 Å². The predicted octanol–water partition coefficient (Wildman–Crippen LogP) is 4.11. The Bertz CT molecular complexity index is 1050. The van der Waals surface area contributed by atoms with Gasteiger partial charge in [0.1, 0.15) is 5.82 Å². The van der Waals surface area contributed by atoms with E-state index < -0.39 is 11.1 Å². The van der Waals surface area contributed by atoms with Crippen molar-refractivity contribution in [1.29, 1.82) is 0 Å². The normalized spacial score (nSPS) is 13.4. The molecule has 146 valence electrons. The van der Waals surface area contributed by atoms with Crippen LogP contribution in [0.15, 0.2) is 58.5 Å². The highest BCUT2D eigenvalue weighted by molar-refractivity contribution is 8.00. The number of hydrogen-bond acceptors (Lipinski definition) is 5. The summed E-state index contributed by atoms with van der Waals surface area (Å²) in [7, 11) is 1.57. The Kier molecular flexibility index (Phi) is 6.26. The van der Waals surface area contributed by atoms with Gasteiger partial charge < -0.3 is 4.74 Å². The zero-order valence-electron chi connectivity index (χ0n) is 15.9. The molecule has 0 saturated heterocycles. The number of hydrogen-bond donors (Lipinski definition) is 0. The van der Waals surface area contributed by atoms with Crippen LogP contribution < -0.4 is 5.56 Å². The molecular formula is C21H21FN2O3S. The van der Waals surface area contributed by atoms with Crippen LogP contribution >= 0.6 is 11.8 Å². The van der Waals surface area contributed by atoms with Crippen molar-refractivity contribution < 1.29 is 13.9 Å². The zero-order valence-corrected chi connectivity index (χ0v) is 16.7. The van der Waals surface area contributed by atoms with Gasteiger partial charge in [0.15, 0.2) is 10.9 Å². The van der Waals surface area contributed by atoms with Crippen molar-refractivity contribution in [3.8, 4) is 0 Å². The fourth-order valence-corrected chi connectivity index (χ4v) is 4.06. The number of ketones is 1. The van der Waals surface area contributed by atoms with Crippen molar-refractivity contribution in [2.24, 2.45) is 0 Å². The number of benzene rings is 2. The van der Waals surface area contributed by atoms with Crippen molar-refractivity contribution >= 4 is 28.4 Å². The molecule has 0 fully saturated rings. The molecule has 0 radical (unpaired) electrons. The fraction of sp³-hybridized carbons (Fsp3) is 0.286. The third kappa shape index (κ3) is 4.15. The summed E-state index contributed by atoms with van der Waals surface area (Å²) in [6, 6.07) is 12.3. The molecule has 1 aromatic heterocycles. The Morgan fingerprint density at radius 1 is 1.18 bits per heavy atom. The molecular weight excluding hydrogens is 379 g/mol. The van der Waals surface area contributed by atoms with Gasteiger partial charge in [-0.05, 0) is 50.2 Å².